The predicted molar refractivity (Wildman–Crippen MR) is 455 cm³/mol. The molecular weight excluding hydrogens is 1290 g/mol. The molecule has 6 heteroatoms. The fourth-order valence-corrected chi connectivity index (χ4v) is 17.1. The fraction of sp³-hybridized carbons (Fsp3) is 0.360. The molecule has 0 N–H and O–H groups in total. The zero-order valence-electron chi connectivity index (χ0n) is 65.6. The molecule has 0 amide bonds. The summed E-state index contributed by atoms with van der Waals surface area (Å²) < 4.78 is 17.7. The molecule has 0 spiro atoms. The number of nitrogens with zero attached hydrogens (tertiary/aromatic N) is 3. The van der Waals surface area contributed by atoms with Crippen molar-refractivity contribution in [2.45, 2.75) is 194 Å². The van der Waals surface area contributed by atoms with Gasteiger partial charge in [-0.3, -0.25) is 0 Å². The lowest BCUT2D eigenvalue weighted by molar-refractivity contribution is -0.138. The van der Waals surface area contributed by atoms with Gasteiger partial charge in [0.05, 0.1) is 43.0 Å². The van der Waals surface area contributed by atoms with E-state index in [2.05, 4.69) is 369 Å². The van der Waals surface area contributed by atoms with E-state index in [0.29, 0.717) is 6.61 Å². The highest BCUT2D eigenvalue weighted by molar-refractivity contribution is 5.78. The molecule has 11 rings (SSSR count). The summed E-state index contributed by atoms with van der Waals surface area (Å²) in [7, 11) is 0. The molecule has 1 heterocycles. The van der Waals surface area contributed by atoms with E-state index in [1.165, 1.54) is 100 Å². The van der Waals surface area contributed by atoms with Crippen molar-refractivity contribution in [3.63, 3.8) is 0 Å². The van der Waals surface area contributed by atoms with Gasteiger partial charge in [-0.05, 0) is 218 Å². The summed E-state index contributed by atoms with van der Waals surface area (Å²) in [5.41, 5.74) is 18.6. The van der Waals surface area contributed by atoms with Gasteiger partial charge in [0, 0.05) is 51.6 Å². The summed E-state index contributed by atoms with van der Waals surface area (Å²) in [6, 6.07) is 97.5. The van der Waals surface area contributed by atoms with Gasteiger partial charge >= 0.3 is 0 Å². The maximum absolute atomic E-state index is 6.33. The number of para-hydroxylation sites is 2. The number of unbranched alkanes of at least 4 members (excludes halogenated alkanes) is 6. The molecule has 0 radical (unpaired) electrons. The second-order valence-corrected chi connectivity index (χ2v) is 30.2. The van der Waals surface area contributed by atoms with Gasteiger partial charge < -0.3 is 28.9 Å². The van der Waals surface area contributed by atoms with Crippen molar-refractivity contribution < 1.29 is 14.2 Å². The van der Waals surface area contributed by atoms with Gasteiger partial charge in [0.15, 0.2) is 0 Å². The summed E-state index contributed by atoms with van der Waals surface area (Å²) >= 11 is 0. The van der Waals surface area contributed by atoms with Crippen LogP contribution in [0.25, 0.3) is 35.4 Å². The maximum atomic E-state index is 6.33. The Morgan fingerprint density at radius 2 is 0.830 bits per heavy atom. The summed E-state index contributed by atoms with van der Waals surface area (Å²) in [5.74, 6) is 0.882. The molecule has 1 saturated heterocycles. The monoisotopic (exact) mass is 1410 g/mol. The molecule has 0 saturated carbocycles. The van der Waals surface area contributed by atoms with Crippen LogP contribution in [0.3, 0.4) is 0 Å². The van der Waals surface area contributed by atoms with E-state index in [-0.39, 0.29) is 27.4 Å². The first-order valence-electron chi connectivity index (χ1n) is 40.3. The van der Waals surface area contributed by atoms with Gasteiger partial charge in [0.1, 0.15) is 5.75 Å². The van der Waals surface area contributed by atoms with Crippen molar-refractivity contribution in [2.75, 3.05) is 47.7 Å². The number of hydrogen-bond acceptors (Lipinski definition) is 6. The molecule has 1 aliphatic heterocycles. The fourth-order valence-electron chi connectivity index (χ4n) is 17.1. The molecule has 10 aromatic rings. The van der Waals surface area contributed by atoms with Crippen molar-refractivity contribution in [2.24, 2.45) is 5.41 Å². The van der Waals surface area contributed by atoms with Crippen molar-refractivity contribution in [1.29, 1.82) is 0 Å². The van der Waals surface area contributed by atoms with Gasteiger partial charge in [-0.1, -0.05) is 295 Å². The molecule has 1 atom stereocenters. The van der Waals surface area contributed by atoms with E-state index in [1.807, 2.05) is 0 Å². The lowest BCUT2D eigenvalue weighted by atomic mass is 9.58. The summed E-state index contributed by atoms with van der Waals surface area (Å²) in [5, 5.41) is 0. The summed E-state index contributed by atoms with van der Waals surface area (Å²) in [4.78, 5) is 7.84. The van der Waals surface area contributed by atoms with Crippen molar-refractivity contribution >= 4 is 58.4 Å². The van der Waals surface area contributed by atoms with Gasteiger partial charge in [-0.15, -0.1) is 0 Å². The van der Waals surface area contributed by atoms with Gasteiger partial charge in [-0.2, -0.15) is 0 Å². The Hall–Kier alpha value is -9.20. The first-order chi connectivity index (χ1) is 51.8. The Morgan fingerprint density at radius 1 is 0.377 bits per heavy atom. The van der Waals surface area contributed by atoms with Gasteiger partial charge in [-0.25, -0.2) is 0 Å². The first kappa shape index (κ1) is 77.9. The third-order valence-electron chi connectivity index (χ3n) is 23.6. The van der Waals surface area contributed by atoms with Gasteiger partial charge in [0.2, 0.25) is 0 Å². The third-order valence-corrected chi connectivity index (χ3v) is 23.6. The number of anilines is 6. The minimum Gasteiger partial charge on any atom is -0.494 e. The molecule has 0 bridgehead atoms. The molecule has 10 aromatic carbocycles. The minimum atomic E-state index is -0.350. The molecule has 106 heavy (non-hydrogen) atoms. The largest absolute Gasteiger partial charge is 0.494 e. The standard InChI is InChI=1S/C100H119N3O3/c1-11-19-20-21-22-26-37-79-56-68-92(69-57-79)103(93-70-60-83(61-71-93)51-49-81-54-64-88(65-55-81)99(15-5,16-6)102(89-42-29-24-30-43-89)90-44-31-25-32-45-90)100(17-7,18-8)98(13-3,14-4)87-62-52-80(53-63-87)48-50-82-58-66-91(67-59-82)101(97(10,12-2)86-40-27-23-28-41-86)94-46-35-38-84(74-94)85-39-36-47-95(75-85)106-73-34-33-72-104-76-96(9)77-105-78-96/h23-25,27-32,35-36,38-71,74-75H,11-22,26,33-34,37,72-73,76-78H2,1-10H3/b50-48+,51-49+. The van der Waals surface area contributed by atoms with E-state index in [9.17, 15) is 0 Å². The molecule has 1 unspecified atom stereocenters. The molecule has 0 aromatic heterocycles. The van der Waals surface area contributed by atoms with Crippen LogP contribution in [0.4, 0.5) is 34.1 Å². The average molecular weight is 1410 g/mol. The number of hydrogen-bond donors (Lipinski definition) is 0. The normalized spacial score (nSPS) is 13.7. The molecule has 552 valence electrons. The number of rotatable bonds is 40. The van der Waals surface area contributed by atoms with Crippen LogP contribution in [0.1, 0.15) is 210 Å². The summed E-state index contributed by atoms with van der Waals surface area (Å²) in [6.45, 7) is 27.3. The zero-order chi connectivity index (χ0) is 74.3. The van der Waals surface area contributed by atoms with Crippen LogP contribution in [-0.2, 0) is 32.4 Å². The number of benzene rings is 10. The van der Waals surface area contributed by atoms with Gasteiger partial charge in [0.25, 0.3) is 0 Å². The molecule has 0 aliphatic carbocycles. The van der Waals surface area contributed by atoms with E-state index in [1.54, 1.807) is 0 Å². The molecule has 1 fully saturated rings. The van der Waals surface area contributed by atoms with Crippen LogP contribution in [0.5, 0.6) is 5.75 Å². The van der Waals surface area contributed by atoms with Crippen LogP contribution in [0.2, 0.25) is 0 Å². The quantitative estimate of drug-likeness (QED) is 0.0281. The molecule has 1 aliphatic rings. The highest BCUT2D eigenvalue weighted by atomic mass is 16.5. The lowest BCUT2D eigenvalue weighted by Crippen LogP contribution is -2.60. The lowest BCUT2D eigenvalue weighted by Gasteiger charge is -2.57. The van der Waals surface area contributed by atoms with Crippen molar-refractivity contribution in [1.82, 2.24) is 0 Å². The SMILES string of the molecule is CCCCCCCCc1ccc(N(c2ccc(/C=C/c3ccc(C(CC)(CC)N(c4ccccc4)c4ccccc4)cc3)cc2)C(CC)(CC)C(CC)(CC)c2ccc(/C=C/c3ccc(N(c4cccc(-c5cccc(OCCCCOCC6(C)COC6)c5)c4)C(C)(CC)c4ccccc4)cc3)cc2)cc1. The highest BCUT2D eigenvalue weighted by Gasteiger charge is 2.52. The second-order valence-electron chi connectivity index (χ2n) is 30.2. The third kappa shape index (κ3) is 17.9. The number of ether oxygens (including phenoxy) is 3. The first-order valence-corrected chi connectivity index (χ1v) is 40.3. The Labute approximate surface area is 638 Å². The Morgan fingerprint density at radius 3 is 1.33 bits per heavy atom. The second kappa shape index (κ2) is 37.4. The zero-order valence-corrected chi connectivity index (χ0v) is 65.6. The van der Waals surface area contributed by atoms with Crippen LogP contribution in [-0.4, -0.2) is 38.6 Å². The van der Waals surface area contributed by atoms with Crippen LogP contribution < -0.4 is 19.4 Å². The van der Waals surface area contributed by atoms with Crippen molar-refractivity contribution in [3.8, 4) is 16.9 Å². The van der Waals surface area contributed by atoms with E-state index >= 15 is 0 Å². The topological polar surface area (TPSA) is 37.4 Å². The van der Waals surface area contributed by atoms with Crippen LogP contribution in [0.15, 0.2) is 261 Å². The highest BCUT2D eigenvalue weighted by Crippen LogP contribution is 2.54. The summed E-state index contributed by atoms with van der Waals surface area (Å²) in [6.07, 6.45) is 26.7. The predicted octanol–water partition coefficient (Wildman–Crippen LogP) is 27.6. The Kier molecular flexibility index (Phi) is 27.5. The van der Waals surface area contributed by atoms with E-state index < -0.39 is 0 Å². The van der Waals surface area contributed by atoms with E-state index in [0.717, 1.165) is 124 Å². The Bertz CT molecular complexity index is 4260. The van der Waals surface area contributed by atoms with Crippen LogP contribution >= 0.6 is 0 Å². The van der Waals surface area contributed by atoms with Crippen LogP contribution in [0, 0.1) is 5.41 Å². The van der Waals surface area contributed by atoms with Crippen molar-refractivity contribution in [3.05, 3.63) is 305 Å². The average Bonchev–Trinajstić information content (AvgIpc) is 0.726. The maximum Gasteiger partial charge on any atom is 0.119 e. The Balaban J connectivity index is 0.839. The smallest absolute Gasteiger partial charge is 0.119 e. The minimum absolute atomic E-state index is 0.175. The molecular formula is C100H119N3O3. The molecule has 6 nitrogen and oxygen atoms in total. The number of aryl methyl sites for hydroxylation is 1. The van der Waals surface area contributed by atoms with E-state index in [4.69, 9.17) is 14.2 Å².